The number of carbonyl (C=O) groups excluding carboxylic acids is 1. The Kier molecular flexibility index (Phi) is 13.8. The highest BCUT2D eigenvalue weighted by Gasteiger charge is 2.12. The van der Waals surface area contributed by atoms with Crippen LogP contribution in [0.5, 0.6) is 0 Å². The molecule has 0 aromatic carbocycles. The van der Waals surface area contributed by atoms with E-state index >= 15 is 0 Å². The van der Waals surface area contributed by atoms with Crippen molar-refractivity contribution in [3.8, 4) is 0 Å². The molecule has 1 rings (SSSR count). The Morgan fingerprint density at radius 3 is 2.14 bits per heavy atom. The Morgan fingerprint density at radius 2 is 1.57 bits per heavy atom. The first-order valence-corrected chi connectivity index (χ1v) is 8.03. The Morgan fingerprint density at radius 1 is 1.00 bits per heavy atom. The number of nitrogens with two attached hydrogens (primary N) is 1. The van der Waals surface area contributed by atoms with Gasteiger partial charge in [0.2, 0.25) is 5.91 Å². The van der Waals surface area contributed by atoms with E-state index in [9.17, 15) is 4.79 Å². The van der Waals surface area contributed by atoms with E-state index in [-0.39, 0.29) is 6.61 Å². The minimum Gasteiger partial charge on any atom is -0.380 e. The number of amides is 1. The van der Waals surface area contributed by atoms with Crippen LogP contribution in [0.3, 0.4) is 0 Å². The van der Waals surface area contributed by atoms with Crippen molar-refractivity contribution in [1.82, 2.24) is 9.80 Å². The molecule has 0 unspecified atom stereocenters. The number of primary amides is 1. The lowest BCUT2D eigenvalue weighted by Gasteiger charge is -2.32. The lowest BCUT2D eigenvalue weighted by Crippen LogP contribution is -2.45. The summed E-state index contributed by atoms with van der Waals surface area (Å²) < 4.78 is 10.7. The molecular weight excluding hydrogens is 270 g/mol. The number of hydrogen-bond donors (Lipinski definition) is 1. The van der Waals surface area contributed by atoms with Gasteiger partial charge in [-0.15, -0.1) is 0 Å². The molecule has 1 aliphatic heterocycles. The van der Waals surface area contributed by atoms with E-state index in [0.29, 0.717) is 6.61 Å². The minimum absolute atomic E-state index is 0.0181. The predicted molar refractivity (Wildman–Crippen MR) is 85.4 cm³/mol. The maximum Gasteiger partial charge on any atom is 0.243 e. The van der Waals surface area contributed by atoms with Crippen LogP contribution in [-0.2, 0) is 14.3 Å². The third-order valence-corrected chi connectivity index (χ3v) is 3.22. The van der Waals surface area contributed by atoms with E-state index in [1.165, 1.54) is 0 Å². The maximum absolute atomic E-state index is 10.4. The number of hydrogen-bond acceptors (Lipinski definition) is 5. The molecule has 0 spiro atoms. The lowest BCUT2D eigenvalue weighted by molar-refractivity contribution is -0.122. The molecule has 0 aliphatic carbocycles. The van der Waals surface area contributed by atoms with Crippen LogP contribution in [0.15, 0.2) is 0 Å². The van der Waals surface area contributed by atoms with E-state index in [0.717, 1.165) is 58.8 Å². The van der Waals surface area contributed by atoms with Crippen molar-refractivity contribution < 1.29 is 14.3 Å². The summed E-state index contributed by atoms with van der Waals surface area (Å²) in [6, 6.07) is 0. The highest BCUT2D eigenvalue weighted by atomic mass is 16.5. The second-order valence-corrected chi connectivity index (χ2v) is 4.98. The van der Waals surface area contributed by atoms with Crippen LogP contribution in [0.4, 0.5) is 0 Å². The number of likely N-dealkylation sites (N-methyl/N-ethyl adjacent to an activating group) is 1. The molecule has 0 saturated carbocycles. The molecule has 21 heavy (non-hydrogen) atoms. The Hall–Kier alpha value is -0.690. The van der Waals surface area contributed by atoms with E-state index in [1.54, 1.807) is 0 Å². The van der Waals surface area contributed by atoms with Gasteiger partial charge in [-0.25, -0.2) is 0 Å². The van der Waals surface area contributed by atoms with Crippen LogP contribution in [0, 0.1) is 0 Å². The zero-order valence-electron chi connectivity index (χ0n) is 14.0. The zero-order chi connectivity index (χ0) is 15.9. The number of carbonyl (C=O) groups is 1. The van der Waals surface area contributed by atoms with Gasteiger partial charge in [0.05, 0.1) is 6.61 Å². The molecule has 0 bridgehead atoms. The second-order valence-electron chi connectivity index (χ2n) is 4.98. The van der Waals surface area contributed by atoms with Crippen LogP contribution < -0.4 is 5.73 Å². The summed E-state index contributed by atoms with van der Waals surface area (Å²) in [5.41, 5.74) is 4.96. The summed E-state index contributed by atoms with van der Waals surface area (Å²) in [7, 11) is 2.16. The summed E-state index contributed by atoms with van der Waals surface area (Å²) in [6.45, 7) is 11.7. The van der Waals surface area contributed by atoms with Gasteiger partial charge in [-0.3, -0.25) is 9.69 Å². The van der Waals surface area contributed by atoms with Gasteiger partial charge in [-0.05, 0) is 19.9 Å². The van der Waals surface area contributed by atoms with Crippen molar-refractivity contribution in [2.45, 2.75) is 26.7 Å². The molecule has 0 aromatic rings. The average molecular weight is 303 g/mol. The molecule has 0 atom stereocenters. The molecular formula is C15H33N3O3. The maximum atomic E-state index is 10.4. The van der Waals surface area contributed by atoms with Crippen molar-refractivity contribution in [3.63, 3.8) is 0 Å². The molecule has 0 aromatic heterocycles. The fourth-order valence-corrected chi connectivity index (χ4v) is 1.95. The first-order chi connectivity index (χ1) is 10.2. The van der Waals surface area contributed by atoms with Crippen molar-refractivity contribution in [1.29, 1.82) is 0 Å². The normalized spacial score (nSPS) is 16.3. The molecule has 1 heterocycles. The summed E-state index contributed by atoms with van der Waals surface area (Å²) in [5.74, 6) is -0.413. The standard InChI is InChI=1S/C13H27N3O3.C2H6/c1-15-4-6-16(7-5-15)8-11-18-9-2-3-10-19-12-13(14)17;1-2/h2-12H2,1H3,(H2,14,17);1-2H3. The van der Waals surface area contributed by atoms with Crippen molar-refractivity contribution >= 4 is 5.91 Å². The average Bonchev–Trinajstić information content (AvgIpc) is 2.49. The van der Waals surface area contributed by atoms with Gasteiger partial charge < -0.3 is 20.1 Å². The third kappa shape index (κ3) is 12.7. The predicted octanol–water partition coefficient (Wildman–Crippen LogP) is 0.559. The molecule has 1 aliphatic rings. The Labute approximate surface area is 129 Å². The second kappa shape index (κ2) is 14.3. The molecule has 6 nitrogen and oxygen atoms in total. The number of rotatable bonds is 10. The smallest absolute Gasteiger partial charge is 0.243 e. The lowest BCUT2D eigenvalue weighted by atomic mass is 10.3. The van der Waals surface area contributed by atoms with E-state index in [2.05, 4.69) is 16.8 Å². The van der Waals surface area contributed by atoms with Gasteiger partial charge in [0.1, 0.15) is 6.61 Å². The molecule has 1 fully saturated rings. The molecule has 2 N–H and O–H groups in total. The fourth-order valence-electron chi connectivity index (χ4n) is 1.95. The first kappa shape index (κ1) is 20.3. The van der Waals surface area contributed by atoms with Crippen molar-refractivity contribution in [2.24, 2.45) is 5.73 Å². The van der Waals surface area contributed by atoms with Crippen LogP contribution >= 0.6 is 0 Å². The molecule has 0 radical (unpaired) electrons. The Balaban J connectivity index is 0.00000191. The Bertz CT molecular complexity index is 244. The van der Waals surface area contributed by atoms with Crippen LogP contribution in [0.2, 0.25) is 0 Å². The first-order valence-electron chi connectivity index (χ1n) is 8.03. The molecule has 6 heteroatoms. The van der Waals surface area contributed by atoms with E-state index in [4.69, 9.17) is 15.2 Å². The van der Waals surface area contributed by atoms with Crippen LogP contribution in [-0.4, -0.2) is 81.9 Å². The van der Waals surface area contributed by atoms with Gasteiger partial charge in [-0.1, -0.05) is 13.8 Å². The van der Waals surface area contributed by atoms with Crippen molar-refractivity contribution in [3.05, 3.63) is 0 Å². The van der Waals surface area contributed by atoms with Crippen LogP contribution in [0.1, 0.15) is 26.7 Å². The summed E-state index contributed by atoms with van der Waals surface area (Å²) in [6.07, 6.45) is 1.86. The highest BCUT2D eigenvalue weighted by Crippen LogP contribution is 1.99. The summed E-state index contributed by atoms with van der Waals surface area (Å²) in [4.78, 5) is 15.2. The highest BCUT2D eigenvalue weighted by molar-refractivity contribution is 5.74. The van der Waals surface area contributed by atoms with Gasteiger partial charge >= 0.3 is 0 Å². The third-order valence-electron chi connectivity index (χ3n) is 3.22. The van der Waals surface area contributed by atoms with Crippen LogP contribution in [0.25, 0.3) is 0 Å². The zero-order valence-corrected chi connectivity index (χ0v) is 14.0. The largest absolute Gasteiger partial charge is 0.380 e. The number of nitrogens with zero attached hydrogens (tertiary/aromatic N) is 2. The number of unbranched alkanes of at least 4 members (excludes halogenated alkanes) is 1. The van der Waals surface area contributed by atoms with Gasteiger partial charge in [0, 0.05) is 45.9 Å². The quantitative estimate of drug-likeness (QED) is 0.597. The monoisotopic (exact) mass is 303 g/mol. The van der Waals surface area contributed by atoms with E-state index < -0.39 is 5.91 Å². The number of ether oxygens (including phenoxy) is 2. The minimum atomic E-state index is -0.413. The van der Waals surface area contributed by atoms with Crippen molar-refractivity contribution in [2.75, 3.05) is 66.2 Å². The summed E-state index contributed by atoms with van der Waals surface area (Å²) >= 11 is 0. The molecule has 1 amide bonds. The molecule has 126 valence electrons. The SMILES string of the molecule is CC.CN1CCN(CCOCCCCOCC(N)=O)CC1. The van der Waals surface area contributed by atoms with E-state index in [1.807, 2.05) is 13.8 Å². The number of piperazine rings is 1. The fraction of sp³-hybridized carbons (Fsp3) is 0.933. The van der Waals surface area contributed by atoms with Gasteiger partial charge in [-0.2, -0.15) is 0 Å². The molecule has 1 saturated heterocycles. The van der Waals surface area contributed by atoms with Gasteiger partial charge in [0.25, 0.3) is 0 Å². The topological polar surface area (TPSA) is 68.0 Å². The summed E-state index contributed by atoms with van der Waals surface area (Å²) in [5, 5.41) is 0. The van der Waals surface area contributed by atoms with Gasteiger partial charge in [0.15, 0.2) is 0 Å².